The standard InChI is InChI=1S/C18H21N3O3/c22-15(14-8-4-10-19-14)11-21-16(23)18(20-17(21)24)9-3-6-12-5-1-2-7-13(12)18/h1-2,5,7,14,19H,3-4,6,8-11H2,(H,20,24). The van der Waals surface area contributed by atoms with Crippen LogP contribution in [0.5, 0.6) is 0 Å². The van der Waals surface area contributed by atoms with Crippen molar-refractivity contribution in [3.05, 3.63) is 35.4 Å². The number of benzene rings is 1. The minimum absolute atomic E-state index is 0.0860. The van der Waals surface area contributed by atoms with Crippen LogP contribution in [0.1, 0.15) is 36.8 Å². The van der Waals surface area contributed by atoms with Crippen molar-refractivity contribution in [1.82, 2.24) is 15.5 Å². The molecule has 2 saturated heterocycles. The van der Waals surface area contributed by atoms with Gasteiger partial charge in [-0.15, -0.1) is 0 Å². The topological polar surface area (TPSA) is 78.5 Å². The minimum atomic E-state index is -0.991. The van der Waals surface area contributed by atoms with E-state index in [9.17, 15) is 14.4 Å². The zero-order chi connectivity index (χ0) is 16.7. The van der Waals surface area contributed by atoms with E-state index < -0.39 is 11.6 Å². The molecular weight excluding hydrogens is 306 g/mol. The third kappa shape index (κ3) is 2.24. The van der Waals surface area contributed by atoms with Gasteiger partial charge in [-0.25, -0.2) is 4.79 Å². The fourth-order valence-corrected chi connectivity index (χ4v) is 4.18. The van der Waals surface area contributed by atoms with E-state index in [-0.39, 0.29) is 24.3 Å². The van der Waals surface area contributed by atoms with Gasteiger partial charge < -0.3 is 10.6 Å². The van der Waals surface area contributed by atoms with Crippen LogP contribution in [0.2, 0.25) is 0 Å². The summed E-state index contributed by atoms with van der Waals surface area (Å²) < 4.78 is 0. The van der Waals surface area contributed by atoms with Gasteiger partial charge in [0.1, 0.15) is 5.54 Å². The Morgan fingerprint density at radius 2 is 2.08 bits per heavy atom. The van der Waals surface area contributed by atoms with Crippen LogP contribution in [-0.2, 0) is 21.5 Å². The Bertz CT molecular complexity index is 711. The first-order chi connectivity index (χ1) is 11.6. The fourth-order valence-electron chi connectivity index (χ4n) is 4.18. The summed E-state index contributed by atoms with van der Waals surface area (Å²) in [6, 6.07) is 7.07. The third-order valence-electron chi connectivity index (χ3n) is 5.41. The third-order valence-corrected chi connectivity index (χ3v) is 5.41. The smallest absolute Gasteiger partial charge is 0.319 e. The number of nitrogens with one attached hydrogen (secondary N) is 2. The summed E-state index contributed by atoms with van der Waals surface area (Å²) in [5.74, 6) is -0.372. The second-order valence-electron chi connectivity index (χ2n) is 6.85. The first kappa shape index (κ1) is 15.3. The molecule has 2 atom stereocenters. The normalized spacial score (nSPS) is 29.0. The molecule has 1 aromatic carbocycles. The van der Waals surface area contributed by atoms with E-state index in [1.807, 2.05) is 24.3 Å². The molecule has 0 radical (unpaired) electrons. The summed E-state index contributed by atoms with van der Waals surface area (Å²) in [6.45, 7) is 0.667. The number of fused-ring (bicyclic) bond motifs is 2. The lowest BCUT2D eigenvalue weighted by Crippen LogP contribution is -2.47. The van der Waals surface area contributed by atoms with Crippen molar-refractivity contribution in [3.63, 3.8) is 0 Å². The second kappa shape index (κ2) is 5.70. The van der Waals surface area contributed by atoms with Gasteiger partial charge in [0.05, 0.1) is 12.6 Å². The maximum absolute atomic E-state index is 13.1. The van der Waals surface area contributed by atoms with Gasteiger partial charge in [-0.1, -0.05) is 24.3 Å². The molecule has 2 unspecified atom stereocenters. The van der Waals surface area contributed by atoms with Crippen LogP contribution < -0.4 is 10.6 Å². The lowest BCUT2D eigenvalue weighted by molar-refractivity contribution is -0.135. The van der Waals surface area contributed by atoms with E-state index in [1.165, 1.54) is 0 Å². The van der Waals surface area contributed by atoms with Crippen molar-refractivity contribution < 1.29 is 14.4 Å². The Hall–Kier alpha value is -2.21. The van der Waals surface area contributed by atoms with E-state index in [4.69, 9.17) is 0 Å². The Morgan fingerprint density at radius 3 is 2.88 bits per heavy atom. The summed E-state index contributed by atoms with van der Waals surface area (Å²) in [7, 11) is 0. The molecule has 6 nitrogen and oxygen atoms in total. The number of urea groups is 1. The number of Topliss-reactive ketones (excluding diaryl/α,β-unsaturated/α-hetero) is 1. The molecule has 3 aliphatic rings. The summed E-state index contributed by atoms with van der Waals surface area (Å²) in [5.41, 5.74) is 0.988. The molecule has 2 heterocycles. The second-order valence-corrected chi connectivity index (χ2v) is 6.85. The van der Waals surface area contributed by atoms with Crippen molar-refractivity contribution in [3.8, 4) is 0 Å². The van der Waals surface area contributed by atoms with Crippen molar-refractivity contribution in [2.75, 3.05) is 13.1 Å². The van der Waals surface area contributed by atoms with Gasteiger partial charge in [0.2, 0.25) is 0 Å². The quantitative estimate of drug-likeness (QED) is 0.815. The Kier molecular flexibility index (Phi) is 3.64. The molecule has 2 aliphatic heterocycles. The van der Waals surface area contributed by atoms with E-state index in [0.29, 0.717) is 6.42 Å². The van der Waals surface area contributed by atoms with Crippen molar-refractivity contribution >= 4 is 17.7 Å². The average Bonchev–Trinajstić information content (AvgIpc) is 3.20. The van der Waals surface area contributed by atoms with Gasteiger partial charge >= 0.3 is 6.03 Å². The number of rotatable bonds is 3. The predicted molar refractivity (Wildman–Crippen MR) is 87.3 cm³/mol. The molecule has 1 spiro atoms. The highest BCUT2D eigenvalue weighted by Crippen LogP contribution is 2.39. The molecule has 0 saturated carbocycles. The molecule has 3 amide bonds. The van der Waals surface area contributed by atoms with Gasteiger partial charge in [0.25, 0.3) is 5.91 Å². The first-order valence-corrected chi connectivity index (χ1v) is 8.60. The molecule has 0 aromatic heterocycles. The molecule has 6 heteroatoms. The summed E-state index contributed by atoms with van der Waals surface area (Å²) in [5, 5.41) is 6.01. The Labute approximate surface area is 140 Å². The maximum atomic E-state index is 13.1. The highest BCUT2D eigenvalue weighted by molar-refractivity contribution is 6.10. The monoisotopic (exact) mass is 327 g/mol. The minimum Gasteiger partial charge on any atom is -0.319 e. The van der Waals surface area contributed by atoms with Crippen molar-refractivity contribution in [1.29, 1.82) is 0 Å². The number of imide groups is 1. The molecule has 4 rings (SSSR count). The highest BCUT2D eigenvalue weighted by Gasteiger charge is 2.54. The number of ketones is 1. The number of carbonyl (C=O) groups excluding carboxylic acids is 3. The van der Waals surface area contributed by atoms with E-state index in [0.717, 1.165) is 48.3 Å². The molecule has 0 bridgehead atoms. The van der Waals surface area contributed by atoms with Crippen LogP contribution in [0.15, 0.2) is 24.3 Å². The van der Waals surface area contributed by atoms with E-state index in [2.05, 4.69) is 10.6 Å². The Balaban J connectivity index is 1.61. The molecule has 2 fully saturated rings. The number of hydrogen-bond donors (Lipinski definition) is 2. The summed E-state index contributed by atoms with van der Waals surface area (Å²) in [4.78, 5) is 39.0. The SMILES string of the molecule is O=C(CN1C(=O)NC2(CCCc3ccccc32)C1=O)C1CCCN1. The van der Waals surface area contributed by atoms with Crippen LogP contribution in [-0.4, -0.2) is 41.8 Å². The molecule has 24 heavy (non-hydrogen) atoms. The predicted octanol–water partition coefficient (Wildman–Crippen LogP) is 1.09. The van der Waals surface area contributed by atoms with Gasteiger partial charge in [-0.3, -0.25) is 14.5 Å². The number of nitrogens with zero attached hydrogens (tertiary/aromatic N) is 1. The molecule has 2 N–H and O–H groups in total. The highest BCUT2D eigenvalue weighted by atomic mass is 16.2. The van der Waals surface area contributed by atoms with Gasteiger partial charge in [0, 0.05) is 0 Å². The number of amides is 3. The number of hydrogen-bond acceptors (Lipinski definition) is 4. The molecule has 126 valence electrons. The van der Waals surface area contributed by atoms with Crippen LogP contribution in [0.3, 0.4) is 0 Å². The lowest BCUT2D eigenvalue weighted by atomic mass is 9.76. The average molecular weight is 327 g/mol. The first-order valence-electron chi connectivity index (χ1n) is 8.60. The summed E-state index contributed by atoms with van der Waals surface area (Å²) >= 11 is 0. The van der Waals surface area contributed by atoms with Gasteiger partial charge in [-0.05, 0) is 49.8 Å². The zero-order valence-corrected chi connectivity index (χ0v) is 13.5. The van der Waals surface area contributed by atoms with Gasteiger partial charge in [0.15, 0.2) is 5.78 Å². The van der Waals surface area contributed by atoms with Crippen LogP contribution in [0, 0.1) is 0 Å². The molecule has 1 aliphatic carbocycles. The van der Waals surface area contributed by atoms with Crippen LogP contribution in [0.4, 0.5) is 4.79 Å². The molecular formula is C18H21N3O3. The lowest BCUT2D eigenvalue weighted by Gasteiger charge is -2.33. The maximum Gasteiger partial charge on any atom is 0.325 e. The number of carbonyl (C=O) groups is 3. The van der Waals surface area contributed by atoms with Crippen molar-refractivity contribution in [2.45, 2.75) is 43.7 Å². The van der Waals surface area contributed by atoms with Crippen LogP contribution >= 0.6 is 0 Å². The zero-order valence-electron chi connectivity index (χ0n) is 13.5. The number of aryl methyl sites for hydroxylation is 1. The fraction of sp³-hybridized carbons (Fsp3) is 0.500. The van der Waals surface area contributed by atoms with Gasteiger partial charge in [-0.2, -0.15) is 0 Å². The van der Waals surface area contributed by atoms with E-state index in [1.54, 1.807) is 0 Å². The Morgan fingerprint density at radius 1 is 1.25 bits per heavy atom. The molecule has 1 aromatic rings. The van der Waals surface area contributed by atoms with Crippen LogP contribution in [0.25, 0.3) is 0 Å². The summed E-state index contributed by atoms with van der Waals surface area (Å²) in [6.07, 6.45) is 4.06. The van der Waals surface area contributed by atoms with E-state index >= 15 is 0 Å². The largest absolute Gasteiger partial charge is 0.325 e. The van der Waals surface area contributed by atoms with Crippen molar-refractivity contribution in [2.24, 2.45) is 0 Å².